The van der Waals surface area contributed by atoms with Crippen LogP contribution in [0.5, 0.6) is 0 Å². The fourth-order valence-corrected chi connectivity index (χ4v) is 4.45. The second-order valence-electron chi connectivity index (χ2n) is 8.46. The van der Waals surface area contributed by atoms with Crippen LogP contribution >= 0.6 is 23.2 Å². The van der Waals surface area contributed by atoms with Crippen molar-refractivity contribution in [2.75, 3.05) is 5.32 Å². The highest BCUT2D eigenvalue weighted by molar-refractivity contribution is 6.31. The molecule has 37 heavy (non-hydrogen) atoms. The number of hydrogen-bond acceptors (Lipinski definition) is 7. The lowest BCUT2D eigenvalue weighted by Gasteiger charge is -2.13. The number of nitrogens with one attached hydrogen (secondary N) is 2. The minimum atomic E-state index is -0.421. The van der Waals surface area contributed by atoms with E-state index in [-0.39, 0.29) is 12.4 Å². The molecule has 0 unspecified atom stereocenters. The van der Waals surface area contributed by atoms with Crippen molar-refractivity contribution in [3.05, 3.63) is 99.4 Å². The van der Waals surface area contributed by atoms with E-state index in [1.165, 1.54) is 6.20 Å². The number of pyridine rings is 1. The van der Waals surface area contributed by atoms with Gasteiger partial charge in [0.25, 0.3) is 5.91 Å². The molecule has 2 N–H and O–H groups in total. The molecule has 0 saturated carbocycles. The van der Waals surface area contributed by atoms with Crippen molar-refractivity contribution in [1.29, 1.82) is 0 Å². The average Bonchev–Trinajstić information content (AvgIpc) is 3.23. The van der Waals surface area contributed by atoms with E-state index in [0.29, 0.717) is 27.9 Å². The predicted octanol–water partition coefficient (Wildman–Crippen LogP) is 6.15. The van der Waals surface area contributed by atoms with E-state index in [9.17, 15) is 4.79 Å². The van der Waals surface area contributed by atoms with Crippen LogP contribution in [0.1, 0.15) is 33.2 Å². The van der Waals surface area contributed by atoms with Gasteiger partial charge in [0.15, 0.2) is 0 Å². The highest BCUT2D eigenvalue weighted by Crippen LogP contribution is 2.31. The number of hydrogen-bond donors (Lipinski definition) is 2. The average molecular weight is 533 g/mol. The summed E-state index contributed by atoms with van der Waals surface area (Å²) in [6.45, 7) is 4.44. The van der Waals surface area contributed by atoms with Crippen molar-refractivity contribution in [2.45, 2.75) is 26.9 Å². The maximum absolute atomic E-state index is 13.0. The van der Waals surface area contributed by atoms with Crippen LogP contribution in [0.25, 0.3) is 22.0 Å². The third-order valence-electron chi connectivity index (χ3n) is 5.87. The summed E-state index contributed by atoms with van der Waals surface area (Å²) in [5, 5.41) is 12.1. The maximum atomic E-state index is 13.0. The molecular formula is C27H22Cl2N6O2. The fraction of sp³-hybridized carbons (Fsp3) is 0.148. The highest BCUT2D eigenvalue weighted by atomic mass is 35.5. The molecule has 0 fully saturated rings. The quantitative estimate of drug-likeness (QED) is 0.259. The molecule has 10 heteroatoms. The molecule has 0 bridgehead atoms. The predicted molar refractivity (Wildman–Crippen MR) is 144 cm³/mol. The van der Waals surface area contributed by atoms with Crippen molar-refractivity contribution in [3.63, 3.8) is 0 Å². The van der Waals surface area contributed by atoms with Gasteiger partial charge in [0.05, 0.1) is 16.2 Å². The topological polar surface area (TPSA) is 106 Å². The van der Waals surface area contributed by atoms with Gasteiger partial charge in [0.1, 0.15) is 11.6 Å². The van der Waals surface area contributed by atoms with Crippen LogP contribution in [0, 0.1) is 13.8 Å². The molecule has 0 atom stereocenters. The first kappa shape index (κ1) is 24.7. The Balaban J connectivity index is 1.51. The fourth-order valence-electron chi connectivity index (χ4n) is 4.05. The van der Waals surface area contributed by atoms with Gasteiger partial charge < -0.3 is 15.2 Å². The Labute approximate surface area is 223 Å². The number of amides is 1. The normalized spacial score (nSPS) is 11.0. The molecule has 0 aliphatic rings. The summed E-state index contributed by atoms with van der Waals surface area (Å²) in [6.07, 6.45) is 3.15. The summed E-state index contributed by atoms with van der Waals surface area (Å²) in [7, 11) is 0. The van der Waals surface area contributed by atoms with Crippen molar-refractivity contribution >= 4 is 45.8 Å². The molecule has 8 nitrogen and oxygen atoms in total. The monoisotopic (exact) mass is 532 g/mol. The van der Waals surface area contributed by atoms with Crippen LogP contribution < -0.4 is 10.6 Å². The zero-order valence-electron chi connectivity index (χ0n) is 20.0. The van der Waals surface area contributed by atoms with E-state index >= 15 is 0 Å². The first-order chi connectivity index (χ1) is 17.9. The summed E-state index contributed by atoms with van der Waals surface area (Å²) in [5.41, 5.74) is 4.96. The standard InChI is InChI=1S/C27H22Cl2N6O2/c1-15-24(16(2)37-35-15)18-6-7-23-21(11-18)25(31-12-17-4-3-5-20(28)10-17)34-26(33-23)27(36)32-13-19-8-9-30-14-22(19)29/h3-11,14H,12-13H2,1-2H3,(H,32,36)(H,31,33,34). The van der Waals surface area contributed by atoms with Crippen LogP contribution in [-0.2, 0) is 13.1 Å². The van der Waals surface area contributed by atoms with E-state index in [1.54, 1.807) is 12.3 Å². The molecule has 0 radical (unpaired) electrons. The van der Waals surface area contributed by atoms with E-state index in [2.05, 4.69) is 30.7 Å². The number of halogens is 2. The van der Waals surface area contributed by atoms with Gasteiger partial charge in [-0.2, -0.15) is 0 Å². The molecule has 5 aromatic rings. The summed E-state index contributed by atoms with van der Waals surface area (Å²) >= 11 is 12.3. The second kappa shape index (κ2) is 10.5. The summed E-state index contributed by atoms with van der Waals surface area (Å²) in [6, 6.07) is 15.1. The van der Waals surface area contributed by atoms with Gasteiger partial charge in [-0.25, -0.2) is 9.97 Å². The first-order valence-corrected chi connectivity index (χ1v) is 12.2. The number of aromatic nitrogens is 4. The molecule has 3 heterocycles. The molecule has 0 aliphatic heterocycles. The molecule has 3 aromatic heterocycles. The van der Waals surface area contributed by atoms with Gasteiger partial charge in [-0.3, -0.25) is 9.78 Å². The van der Waals surface area contributed by atoms with Crippen molar-refractivity contribution in [1.82, 2.24) is 25.4 Å². The van der Waals surface area contributed by atoms with Crippen LogP contribution in [0.3, 0.4) is 0 Å². The van der Waals surface area contributed by atoms with E-state index in [1.807, 2.05) is 56.3 Å². The Morgan fingerprint density at radius 2 is 1.89 bits per heavy atom. The van der Waals surface area contributed by atoms with Gasteiger partial charge in [0, 0.05) is 41.5 Å². The number of benzene rings is 2. The first-order valence-electron chi connectivity index (χ1n) is 11.5. The van der Waals surface area contributed by atoms with Gasteiger partial charge >= 0.3 is 0 Å². The highest BCUT2D eigenvalue weighted by Gasteiger charge is 2.17. The third kappa shape index (κ3) is 5.40. The molecule has 1 amide bonds. The van der Waals surface area contributed by atoms with Gasteiger partial charge in [0.2, 0.25) is 5.82 Å². The lowest BCUT2D eigenvalue weighted by Crippen LogP contribution is -2.25. The Morgan fingerprint density at radius 1 is 1.03 bits per heavy atom. The number of fused-ring (bicyclic) bond motifs is 1. The molecule has 186 valence electrons. The van der Waals surface area contributed by atoms with Crippen LogP contribution in [0.2, 0.25) is 10.0 Å². The van der Waals surface area contributed by atoms with Gasteiger partial charge in [-0.1, -0.05) is 46.6 Å². The summed E-state index contributed by atoms with van der Waals surface area (Å²) in [4.78, 5) is 26.1. The molecule has 5 rings (SSSR count). The van der Waals surface area contributed by atoms with E-state index < -0.39 is 5.91 Å². The van der Waals surface area contributed by atoms with Gasteiger partial charge in [-0.05, 0) is 60.9 Å². The number of rotatable bonds is 7. The molecule has 0 aliphatic carbocycles. The zero-order valence-corrected chi connectivity index (χ0v) is 21.6. The zero-order chi connectivity index (χ0) is 25.9. The van der Waals surface area contributed by atoms with E-state index in [4.69, 9.17) is 27.7 Å². The summed E-state index contributed by atoms with van der Waals surface area (Å²) in [5.74, 6) is 0.856. The lowest BCUT2D eigenvalue weighted by atomic mass is 10.0. The Bertz CT molecular complexity index is 1600. The number of nitrogens with zero attached hydrogens (tertiary/aromatic N) is 4. The minimum Gasteiger partial charge on any atom is -0.365 e. The van der Waals surface area contributed by atoms with Crippen molar-refractivity contribution in [3.8, 4) is 11.1 Å². The minimum absolute atomic E-state index is 0.0383. The Hall–Kier alpha value is -4.01. The van der Waals surface area contributed by atoms with Crippen LogP contribution in [0.15, 0.2) is 65.4 Å². The third-order valence-corrected chi connectivity index (χ3v) is 6.44. The van der Waals surface area contributed by atoms with Crippen molar-refractivity contribution in [2.24, 2.45) is 0 Å². The number of aryl methyl sites for hydroxylation is 2. The number of anilines is 1. The Morgan fingerprint density at radius 3 is 2.65 bits per heavy atom. The largest absolute Gasteiger partial charge is 0.365 e. The lowest BCUT2D eigenvalue weighted by molar-refractivity contribution is 0.0941. The summed E-state index contributed by atoms with van der Waals surface area (Å²) < 4.78 is 5.36. The van der Waals surface area contributed by atoms with Crippen LogP contribution in [0.4, 0.5) is 5.82 Å². The SMILES string of the molecule is Cc1noc(C)c1-c1ccc2nc(C(=O)NCc3ccncc3Cl)nc(NCc3cccc(Cl)c3)c2c1. The van der Waals surface area contributed by atoms with Gasteiger partial charge in [-0.15, -0.1) is 0 Å². The smallest absolute Gasteiger partial charge is 0.289 e. The molecule has 0 spiro atoms. The van der Waals surface area contributed by atoms with Crippen LogP contribution in [-0.4, -0.2) is 26.0 Å². The van der Waals surface area contributed by atoms with E-state index in [0.717, 1.165) is 39.1 Å². The Kier molecular flexibility index (Phi) is 7.03. The molecule has 0 saturated heterocycles. The number of carbonyl (C=O) groups excluding carboxylic acids is 1. The maximum Gasteiger partial charge on any atom is 0.289 e. The molecule has 2 aromatic carbocycles. The second-order valence-corrected chi connectivity index (χ2v) is 9.30. The van der Waals surface area contributed by atoms with Crippen molar-refractivity contribution < 1.29 is 9.32 Å². The number of carbonyl (C=O) groups is 1. The molecular weight excluding hydrogens is 511 g/mol.